The quantitative estimate of drug-likeness (QED) is 0.868. The number of anilines is 1. The Kier molecular flexibility index (Phi) is 5.36. The summed E-state index contributed by atoms with van der Waals surface area (Å²) >= 11 is 0. The van der Waals surface area contributed by atoms with Crippen LogP contribution in [0.3, 0.4) is 0 Å². The van der Waals surface area contributed by atoms with Crippen LogP contribution >= 0.6 is 0 Å². The van der Waals surface area contributed by atoms with Gasteiger partial charge in [-0.25, -0.2) is 12.8 Å². The number of carbonyl (C=O) groups is 1. The Morgan fingerprint density at radius 1 is 1.26 bits per heavy atom. The summed E-state index contributed by atoms with van der Waals surface area (Å²) in [5.74, 6) is -0.292. The van der Waals surface area contributed by atoms with Crippen molar-refractivity contribution in [3.05, 3.63) is 59.4 Å². The zero-order valence-electron chi connectivity index (χ0n) is 15.1. The van der Waals surface area contributed by atoms with Gasteiger partial charge < -0.3 is 10.1 Å². The van der Waals surface area contributed by atoms with Gasteiger partial charge in [-0.3, -0.25) is 9.10 Å². The first-order valence-corrected chi connectivity index (χ1v) is 10.4. The lowest BCUT2D eigenvalue weighted by Gasteiger charge is -2.22. The van der Waals surface area contributed by atoms with Gasteiger partial charge in [0.25, 0.3) is 5.91 Å². The Balaban J connectivity index is 1.92. The smallest absolute Gasteiger partial charge is 0.253 e. The number of halogens is 1. The fourth-order valence-electron chi connectivity index (χ4n) is 3.05. The largest absolute Gasteiger partial charge is 0.493 e. The van der Waals surface area contributed by atoms with Crippen molar-refractivity contribution in [1.29, 1.82) is 0 Å². The molecule has 0 unspecified atom stereocenters. The molecule has 0 aromatic heterocycles. The SMILES string of the molecule is CN(c1ccccc1C(=O)N[C@@H]1CCCOc2ccc(F)cc21)S(C)(=O)=O. The molecule has 0 aliphatic carbocycles. The number of amides is 1. The predicted molar refractivity (Wildman–Crippen MR) is 101 cm³/mol. The van der Waals surface area contributed by atoms with E-state index >= 15 is 0 Å². The van der Waals surface area contributed by atoms with Crippen LogP contribution in [0.1, 0.15) is 34.8 Å². The summed E-state index contributed by atoms with van der Waals surface area (Å²) in [5, 5.41) is 2.90. The van der Waals surface area contributed by atoms with Crippen molar-refractivity contribution >= 4 is 21.6 Å². The minimum atomic E-state index is -3.52. The molecular formula is C19H21FN2O4S. The van der Waals surface area contributed by atoms with Crippen molar-refractivity contribution in [2.75, 3.05) is 24.2 Å². The maximum absolute atomic E-state index is 13.7. The third kappa shape index (κ3) is 4.21. The Morgan fingerprint density at radius 2 is 2.00 bits per heavy atom. The van der Waals surface area contributed by atoms with Crippen LogP contribution in [0, 0.1) is 5.82 Å². The fraction of sp³-hybridized carbons (Fsp3) is 0.316. The van der Waals surface area contributed by atoms with Crippen molar-refractivity contribution in [2.45, 2.75) is 18.9 Å². The van der Waals surface area contributed by atoms with E-state index in [0.29, 0.717) is 30.8 Å². The third-order valence-corrected chi connectivity index (χ3v) is 5.72. The first-order valence-electron chi connectivity index (χ1n) is 8.53. The number of nitrogens with one attached hydrogen (secondary N) is 1. The second-order valence-corrected chi connectivity index (χ2v) is 8.46. The fourth-order valence-corrected chi connectivity index (χ4v) is 3.57. The second kappa shape index (κ2) is 7.56. The van der Waals surface area contributed by atoms with Crippen LogP contribution in [0.25, 0.3) is 0 Å². The molecule has 0 radical (unpaired) electrons. The number of hydrogen-bond donors (Lipinski definition) is 1. The standard InChI is InChI=1S/C19H21FN2O4S/c1-22(27(2,24)25)17-8-4-3-6-14(17)19(23)21-16-7-5-11-26-18-10-9-13(20)12-15(16)18/h3-4,6,8-10,12,16H,5,7,11H2,1-2H3,(H,21,23)/t16-/m1/s1. The molecule has 0 fully saturated rings. The van der Waals surface area contributed by atoms with E-state index in [1.165, 1.54) is 19.2 Å². The summed E-state index contributed by atoms with van der Waals surface area (Å²) < 4.78 is 44.2. The third-order valence-electron chi connectivity index (χ3n) is 4.53. The van der Waals surface area contributed by atoms with Crippen molar-refractivity contribution in [3.63, 3.8) is 0 Å². The summed E-state index contributed by atoms with van der Waals surface area (Å²) in [5.41, 5.74) is 1.09. The van der Waals surface area contributed by atoms with Crippen LogP contribution in [0.15, 0.2) is 42.5 Å². The topological polar surface area (TPSA) is 75.7 Å². The molecule has 0 bridgehead atoms. The molecule has 1 aliphatic heterocycles. The monoisotopic (exact) mass is 392 g/mol. The number of ether oxygens (including phenoxy) is 1. The van der Waals surface area contributed by atoms with Gasteiger partial charge in [-0.2, -0.15) is 0 Å². The van der Waals surface area contributed by atoms with Crippen LogP contribution in [0.2, 0.25) is 0 Å². The van der Waals surface area contributed by atoms with Crippen LogP contribution in [-0.2, 0) is 10.0 Å². The highest BCUT2D eigenvalue weighted by atomic mass is 32.2. The minimum Gasteiger partial charge on any atom is -0.493 e. The van der Waals surface area contributed by atoms with Crippen molar-refractivity contribution < 1.29 is 22.3 Å². The van der Waals surface area contributed by atoms with E-state index in [4.69, 9.17) is 4.74 Å². The first-order chi connectivity index (χ1) is 12.8. The molecule has 8 heteroatoms. The number of sulfonamides is 1. The van der Waals surface area contributed by atoms with E-state index < -0.39 is 27.8 Å². The van der Waals surface area contributed by atoms with E-state index in [-0.39, 0.29) is 11.3 Å². The highest BCUT2D eigenvalue weighted by Crippen LogP contribution is 2.33. The molecule has 0 saturated heterocycles. The van der Waals surface area contributed by atoms with E-state index in [9.17, 15) is 17.6 Å². The van der Waals surface area contributed by atoms with Crippen LogP contribution < -0.4 is 14.4 Å². The molecule has 0 spiro atoms. The van der Waals surface area contributed by atoms with Crippen LogP contribution in [-0.4, -0.2) is 34.2 Å². The second-order valence-electron chi connectivity index (χ2n) is 6.45. The number of rotatable bonds is 4. The maximum Gasteiger partial charge on any atom is 0.253 e. The minimum absolute atomic E-state index is 0.230. The van der Waals surface area contributed by atoms with Gasteiger partial charge in [0.05, 0.1) is 30.2 Å². The van der Waals surface area contributed by atoms with Gasteiger partial charge in [-0.05, 0) is 43.2 Å². The zero-order chi connectivity index (χ0) is 19.6. The van der Waals surface area contributed by atoms with Gasteiger partial charge in [-0.1, -0.05) is 12.1 Å². The zero-order valence-corrected chi connectivity index (χ0v) is 15.9. The predicted octanol–water partition coefficient (Wildman–Crippen LogP) is 2.87. The number of nitrogens with zero attached hydrogens (tertiary/aromatic N) is 1. The highest BCUT2D eigenvalue weighted by Gasteiger charge is 2.25. The molecule has 2 aromatic carbocycles. The lowest BCUT2D eigenvalue weighted by atomic mass is 10.0. The summed E-state index contributed by atoms with van der Waals surface area (Å²) in [6.07, 6.45) is 2.36. The van der Waals surface area contributed by atoms with E-state index in [1.807, 2.05) is 0 Å². The number of para-hydroxylation sites is 1. The summed E-state index contributed by atoms with van der Waals surface area (Å²) in [6.45, 7) is 0.485. The maximum atomic E-state index is 13.7. The van der Waals surface area contributed by atoms with Gasteiger partial charge in [0.2, 0.25) is 10.0 Å². The lowest BCUT2D eigenvalue weighted by molar-refractivity contribution is 0.0935. The van der Waals surface area contributed by atoms with Gasteiger partial charge in [0.1, 0.15) is 11.6 Å². The molecule has 2 aromatic rings. The summed E-state index contributed by atoms with van der Waals surface area (Å²) in [7, 11) is -2.13. The molecular weight excluding hydrogens is 371 g/mol. The molecule has 1 N–H and O–H groups in total. The molecule has 1 atom stereocenters. The van der Waals surface area contributed by atoms with Gasteiger partial charge in [-0.15, -0.1) is 0 Å². The molecule has 1 amide bonds. The van der Waals surface area contributed by atoms with Crippen LogP contribution in [0.4, 0.5) is 10.1 Å². The van der Waals surface area contributed by atoms with Gasteiger partial charge >= 0.3 is 0 Å². The molecule has 144 valence electrons. The average molecular weight is 392 g/mol. The number of hydrogen-bond acceptors (Lipinski definition) is 4. The van der Waals surface area contributed by atoms with Gasteiger partial charge in [0, 0.05) is 12.6 Å². The molecule has 1 aliphatic rings. The molecule has 3 rings (SSSR count). The Bertz CT molecular complexity index is 962. The van der Waals surface area contributed by atoms with Crippen LogP contribution in [0.5, 0.6) is 5.75 Å². The molecule has 27 heavy (non-hydrogen) atoms. The number of fused-ring (bicyclic) bond motifs is 1. The van der Waals surface area contributed by atoms with Crippen molar-refractivity contribution in [2.24, 2.45) is 0 Å². The number of carbonyl (C=O) groups excluding carboxylic acids is 1. The Hall–Kier alpha value is -2.61. The average Bonchev–Trinajstić information content (AvgIpc) is 2.82. The van der Waals surface area contributed by atoms with E-state index in [2.05, 4.69) is 5.32 Å². The van der Waals surface area contributed by atoms with Crippen molar-refractivity contribution in [3.8, 4) is 5.75 Å². The number of benzene rings is 2. The molecule has 6 nitrogen and oxygen atoms in total. The summed E-state index contributed by atoms with van der Waals surface area (Å²) in [6, 6.07) is 10.3. The molecule has 0 saturated carbocycles. The van der Waals surface area contributed by atoms with E-state index in [1.54, 1.807) is 30.3 Å². The van der Waals surface area contributed by atoms with E-state index in [0.717, 1.165) is 10.6 Å². The highest BCUT2D eigenvalue weighted by molar-refractivity contribution is 7.92. The van der Waals surface area contributed by atoms with Gasteiger partial charge in [0.15, 0.2) is 0 Å². The summed E-state index contributed by atoms with van der Waals surface area (Å²) in [4.78, 5) is 12.9. The normalized spacial score (nSPS) is 16.6. The first kappa shape index (κ1) is 19.2. The van der Waals surface area contributed by atoms with Crippen molar-refractivity contribution in [1.82, 2.24) is 5.32 Å². The Morgan fingerprint density at radius 3 is 2.74 bits per heavy atom. The Labute approximate surface area is 158 Å². The molecule has 1 heterocycles. The lowest BCUT2D eigenvalue weighted by Crippen LogP contribution is -2.32.